The summed E-state index contributed by atoms with van der Waals surface area (Å²) in [5.74, 6) is -0.630. The predicted molar refractivity (Wildman–Crippen MR) is 225 cm³/mol. The van der Waals surface area contributed by atoms with E-state index in [1.165, 1.54) is 12.4 Å². The fourth-order valence-corrected chi connectivity index (χ4v) is 7.84. The van der Waals surface area contributed by atoms with Gasteiger partial charge in [-0.15, -0.1) is 12.6 Å². The topological polar surface area (TPSA) is 60.1 Å². The molecule has 0 atom stereocenters. The summed E-state index contributed by atoms with van der Waals surface area (Å²) in [7, 11) is 0. The third kappa shape index (κ3) is 14.6. The van der Waals surface area contributed by atoms with Crippen molar-refractivity contribution < 1.29 is 124 Å². The van der Waals surface area contributed by atoms with Gasteiger partial charge in [0, 0.05) is 5.56 Å². The van der Waals surface area contributed by atoms with Crippen molar-refractivity contribution in [2.45, 2.75) is 56.0 Å². The number of hydrogen-bond donors (Lipinski definition) is 1. The van der Waals surface area contributed by atoms with Crippen LogP contribution in [0.5, 0.6) is 0 Å². The standard InChI is InChI=1S/C32H12BF24.C14H12N2O3S/c34-25(35,36)13-1-14(26(37,38)39)6-21(5-13)33(22-7-15(27(40,41)42)2-16(8-22)28(43,44)45,23-9-17(29(46,47)48)3-18(10-23)30(49,50)51)24-11-19(31(52,53)54)4-20(12-24)32(55,56)57;17-13(11-4-2-1-3-5-11)9-16-7-6-15-12(8-16)14(18)19-10-20/h1-12H;1-8H,9-10H2/q-1;/p+1. The van der Waals surface area contributed by atoms with Crippen LogP contribution in [0.3, 0.4) is 0 Å². The van der Waals surface area contributed by atoms with Crippen LogP contribution in [0.25, 0.3) is 0 Å². The van der Waals surface area contributed by atoms with Gasteiger partial charge >= 0.3 is 55.4 Å². The van der Waals surface area contributed by atoms with E-state index in [1.807, 2.05) is 6.07 Å². The number of carbonyl (C=O) groups excluding carboxylic acids is 2. The van der Waals surface area contributed by atoms with E-state index < -0.39 is 201 Å². The number of esters is 1. The first-order chi connectivity index (χ1) is 35.0. The average Bonchev–Trinajstić information content (AvgIpc) is 3.30. The van der Waals surface area contributed by atoms with Gasteiger partial charge < -0.3 is 4.74 Å². The molecule has 5 aromatic carbocycles. The van der Waals surface area contributed by atoms with E-state index in [1.54, 1.807) is 35.0 Å². The molecular weight excluding hydrogens is 1130 g/mol. The number of hydrogen-bond acceptors (Lipinski definition) is 5. The molecule has 0 unspecified atom stereocenters. The number of benzene rings is 5. The molecule has 1 heterocycles. The van der Waals surface area contributed by atoms with Gasteiger partial charge in [-0.3, -0.25) is 4.79 Å². The Hall–Kier alpha value is -6.95. The summed E-state index contributed by atoms with van der Waals surface area (Å²) in [5.41, 5.74) is -29.4. The molecule has 1 aromatic heterocycles. The highest BCUT2D eigenvalue weighted by Crippen LogP contribution is 2.41. The second-order valence-electron chi connectivity index (χ2n) is 16.2. The molecular formula is C46H25BF24N2O3S. The first-order valence-electron chi connectivity index (χ1n) is 20.5. The van der Waals surface area contributed by atoms with E-state index in [2.05, 4.69) is 17.6 Å². The van der Waals surface area contributed by atoms with E-state index in [0.717, 1.165) is 0 Å². The number of thiol groups is 1. The van der Waals surface area contributed by atoms with Crippen molar-refractivity contribution in [3.63, 3.8) is 0 Å². The van der Waals surface area contributed by atoms with Crippen LogP contribution in [-0.4, -0.2) is 28.8 Å². The van der Waals surface area contributed by atoms with Gasteiger partial charge in [0.15, 0.2) is 6.20 Å². The van der Waals surface area contributed by atoms with Gasteiger partial charge in [-0.25, -0.2) is 9.78 Å². The fraction of sp³-hybridized carbons (Fsp3) is 0.217. The number of rotatable bonds is 9. The van der Waals surface area contributed by atoms with Crippen LogP contribution in [0.2, 0.25) is 0 Å². The number of alkyl halides is 24. The van der Waals surface area contributed by atoms with Gasteiger partial charge in [0.2, 0.25) is 24.2 Å². The zero-order valence-electron chi connectivity index (χ0n) is 37.2. The maximum atomic E-state index is 14.2. The van der Waals surface area contributed by atoms with Crippen LogP contribution in [0.15, 0.2) is 122 Å². The molecule has 0 amide bonds. The van der Waals surface area contributed by atoms with E-state index in [9.17, 15) is 115 Å². The Bertz CT molecular complexity index is 2690. The molecule has 77 heavy (non-hydrogen) atoms. The molecule has 0 N–H and O–H groups in total. The second-order valence-corrected chi connectivity index (χ2v) is 16.4. The van der Waals surface area contributed by atoms with Crippen molar-refractivity contribution in [1.82, 2.24) is 4.98 Å². The van der Waals surface area contributed by atoms with E-state index in [0.29, 0.717) is 5.56 Å². The van der Waals surface area contributed by atoms with Crippen LogP contribution in [-0.2, 0) is 60.7 Å². The summed E-state index contributed by atoms with van der Waals surface area (Å²) in [4.78, 5) is 27.5. The molecule has 0 aliphatic heterocycles. The Labute approximate surface area is 420 Å². The smallest absolute Gasteiger partial charge is 0.416 e. The molecule has 0 bridgehead atoms. The fourth-order valence-electron chi connectivity index (χ4n) is 7.72. The van der Waals surface area contributed by atoms with Crippen LogP contribution < -0.4 is 26.4 Å². The van der Waals surface area contributed by atoms with Gasteiger partial charge in [-0.05, 0) is 24.3 Å². The van der Waals surface area contributed by atoms with E-state index >= 15 is 0 Å². The predicted octanol–water partition coefficient (Wildman–Crippen LogP) is 12.5. The summed E-state index contributed by atoms with van der Waals surface area (Å²) < 4.78 is 347. The third-order valence-corrected chi connectivity index (χ3v) is 11.2. The maximum Gasteiger partial charge on any atom is 0.416 e. The van der Waals surface area contributed by atoms with Crippen LogP contribution in [0, 0.1) is 0 Å². The molecule has 6 aromatic rings. The Morgan fingerprint density at radius 1 is 0.442 bits per heavy atom. The lowest BCUT2D eigenvalue weighted by molar-refractivity contribution is -0.683. The molecule has 0 saturated heterocycles. The summed E-state index contributed by atoms with van der Waals surface area (Å²) in [6, 6.07) is 0.150. The number of ether oxygens (including phenoxy) is 1. The van der Waals surface area contributed by atoms with Crippen molar-refractivity contribution in [2.24, 2.45) is 0 Å². The number of carbonyl (C=O) groups is 2. The lowest BCUT2D eigenvalue weighted by atomic mass is 9.12. The highest BCUT2D eigenvalue weighted by Gasteiger charge is 2.47. The zero-order valence-corrected chi connectivity index (χ0v) is 38.1. The lowest BCUT2D eigenvalue weighted by Crippen LogP contribution is -2.75. The third-order valence-electron chi connectivity index (χ3n) is 11.0. The van der Waals surface area contributed by atoms with Crippen molar-refractivity contribution in [2.75, 3.05) is 5.94 Å². The van der Waals surface area contributed by atoms with Crippen molar-refractivity contribution in [3.05, 3.63) is 177 Å². The molecule has 0 spiro atoms. The minimum atomic E-state index is -6.13. The number of nitrogens with zero attached hydrogens (tertiary/aromatic N) is 2. The first kappa shape index (κ1) is 60.9. The van der Waals surface area contributed by atoms with Gasteiger partial charge in [-0.2, -0.15) is 132 Å². The average molecular weight is 1150 g/mol. The number of ketones is 1. The van der Waals surface area contributed by atoms with Crippen molar-refractivity contribution >= 4 is 52.4 Å². The van der Waals surface area contributed by atoms with Gasteiger partial charge in [0.25, 0.3) is 0 Å². The Balaban J connectivity index is 0.000000455. The molecule has 0 radical (unpaired) electrons. The zero-order chi connectivity index (χ0) is 58.3. The van der Waals surface area contributed by atoms with Gasteiger partial charge in [0.05, 0.1) is 50.7 Å². The van der Waals surface area contributed by atoms with E-state index in [-0.39, 0.29) is 24.0 Å². The number of halogens is 24. The Kier molecular flexibility index (Phi) is 17.0. The van der Waals surface area contributed by atoms with Crippen LogP contribution >= 0.6 is 12.6 Å². The summed E-state index contributed by atoms with van der Waals surface area (Å²) in [6.07, 6.45) is -50.3. The number of Topliss-reactive ketones (excluding diaryl/α,β-unsaturated/α-hetero) is 1. The van der Waals surface area contributed by atoms with Crippen molar-refractivity contribution in [1.29, 1.82) is 0 Å². The molecule has 0 aliphatic carbocycles. The largest absolute Gasteiger partial charge is 0.450 e. The molecule has 414 valence electrons. The molecule has 0 fully saturated rings. The van der Waals surface area contributed by atoms with Crippen LogP contribution in [0.1, 0.15) is 65.4 Å². The minimum Gasteiger partial charge on any atom is -0.450 e. The van der Waals surface area contributed by atoms with E-state index in [4.69, 9.17) is 4.74 Å². The lowest BCUT2D eigenvalue weighted by Gasteiger charge is -2.46. The molecule has 5 nitrogen and oxygen atoms in total. The molecule has 0 saturated carbocycles. The SMILES string of the molecule is FC(F)(F)c1cc([B-](c2cc(C(F)(F)F)cc(C(F)(F)F)c2)(c2cc(C(F)(F)F)cc(C(F)(F)F)c2)c2cc(C(F)(F)F)cc(C(F)(F)F)c2)cc(C(F)(F)F)c1.O=C(C[n+]1ccnc(C(=O)OCS)c1)c1ccccc1. The maximum absolute atomic E-state index is 14.2. The molecule has 31 heteroatoms. The Morgan fingerprint density at radius 2 is 0.714 bits per heavy atom. The second kappa shape index (κ2) is 21.5. The Morgan fingerprint density at radius 3 is 0.961 bits per heavy atom. The molecule has 6 rings (SSSR count). The minimum absolute atomic E-state index is 0.0155. The quantitative estimate of drug-likeness (QED) is 0.0298. The highest BCUT2D eigenvalue weighted by molar-refractivity contribution is 7.80. The first-order valence-corrected chi connectivity index (χ1v) is 21.2. The number of aromatic nitrogens is 2. The summed E-state index contributed by atoms with van der Waals surface area (Å²) in [5, 5.41) is 0. The highest BCUT2D eigenvalue weighted by atomic mass is 32.1. The van der Waals surface area contributed by atoms with Crippen molar-refractivity contribution in [3.8, 4) is 0 Å². The summed E-state index contributed by atoms with van der Waals surface area (Å²) in [6.45, 7) is 0.133. The molecule has 0 aliphatic rings. The van der Waals surface area contributed by atoms with Gasteiger partial charge in [-0.1, -0.05) is 78.9 Å². The normalized spacial score (nSPS) is 13.2. The van der Waals surface area contributed by atoms with Crippen LogP contribution in [0.4, 0.5) is 105 Å². The monoisotopic (exact) mass is 1150 g/mol. The van der Waals surface area contributed by atoms with Gasteiger partial charge in [0.1, 0.15) is 12.1 Å². The summed E-state index contributed by atoms with van der Waals surface area (Å²) >= 11 is 3.81.